The van der Waals surface area contributed by atoms with Gasteiger partial charge in [0.2, 0.25) is 0 Å². The van der Waals surface area contributed by atoms with E-state index in [0.29, 0.717) is 21.7 Å². The molecule has 0 unspecified atom stereocenters. The number of aryl methyl sites for hydroxylation is 2. The molecule has 0 fully saturated rings. The molecule has 2 N–H and O–H groups in total. The first-order valence-electron chi connectivity index (χ1n) is 11.5. The van der Waals surface area contributed by atoms with Gasteiger partial charge in [-0.3, -0.25) is 9.59 Å². The minimum absolute atomic E-state index is 0.0327. The van der Waals surface area contributed by atoms with Crippen LogP contribution < -0.4 is 10.6 Å². The van der Waals surface area contributed by atoms with Crippen molar-refractivity contribution >= 4 is 39.8 Å². The first-order valence-corrected chi connectivity index (χ1v) is 12.3. The first-order chi connectivity index (χ1) is 16.4. The highest BCUT2D eigenvalue weighted by atomic mass is 32.1. The van der Waals surface area contributed by atoms with Crippen molar-refractivity contribution in [2.24, 2.45) is 0 Å². The van der Waals surface area contributed by atoms with Gasteiger partial charge in [0, 0.05) is 11.3 Å². The maximum atomic E-state index is 13.1. The fraction of sp³-hybridized carbons (Fsp3) is 0.321. The number of anilines is 2. The summed E-state index contributed by atoms with van der Waals surface area (Å²) < 4.78 is 5.22. The Bertz CT molecular complexity index is 1270. The molecular formula is C28H32N2O4S. The van der Waals surface area contributed by atoms with Crippen LogP contribution in [0.15, 0.2) is 42.5 Å². The lowest BCUT2D eigenvalue weighted by Gasteiger charge is -2.19. The summed E-state index contributed by atoms with van der Waals surface area (Å²) in [5, 5.41) is 6.03. The molecule has 7 heteroatoms. The van der Waals surface area contributed by atoms with E-state index in [1.165, 1.54) is 0 Å². The van der Waals surface area contributed by atoms with Crippen molar-refractivity contribution in [2.75, 3.05) is 17.2 Å². The third-order valence-electron chi connectivity index (χ3n) is 5.70. The molecule has 1 aromatic heterocycles. The zero-order valence-corrected chi connectivity index (χ0v) is 22.1. The predicted molar refractivity (Wildman–Crippen MR) is 142 cm³/mol. The number of rotatable bonds is 6. The van der Waals surface area contributed by atoms with Crippen LogP contribution in [-0.4, -0.2) is 24.4 Å². The van der Waals surface area contributed by atoms with Crippen LogP contribution in [0.3, 0.4) is 0 Å². The second kappa shape index (κ2) is 10.4. The van der Waals surface area contributed by atoms with E-state index < -0.39 is 5.97 Å². The summed E-state index contributed by atoms with van der Waals surface area (Å²) in [5.74, 6) is -1.29. The third kappa shape index (κ3) is 5.98. The van der Waals surface area contributed by atoms with Crippen LogP contribution >= 0.6 is 11.3 Å². The van der Waals surface area contributed by atoms with Gasteiger partial charge in [0.15, 0.2) is 0 Å². The Morgan fingerprint density at radius 1 is 0.914 bits per heavy atom. The number of esters is 1. The highest BCUT2D eigenvalue weighted by molar-refractivity contribution is 7.19. The molecule has 0 saturated carbocycles. The Kier molecular flexibility index (Phi) is 7.80. The quantitative estimate of drug-likeness (QED) is 0.377. The van der Waals surface area contributed by atoms with Crippen molar-refractivity contribution in [3.63, 3.8) is 0 Å². The summed E-state index contributed by atoms with van der Waals surface area (Å²) in [7, 11) is 0. The smallest absolute Gasteiger partial charge is 0.341 e. The summed E-state index contributed by atoms with van der Waals surface area (Å²) >= 11 is 1.06. The Labute approximate surface area is 210 Å². The van der Waals surface area contributed by atoms with E-state index in [4.69, 9.17) is 4.74 Å². The Balaban J connectivity index is 1.93. The second-order valence-electron chi connectivity index (χ2n) is 9.53. The largest absolute Gasteiger partial charge is 0.462 e. The van der Waals surface area contributed by atoms with E-state index in [2.05, 4.69) is 31.4 Å². The predicted octanol–water partition coefficient (Wildman–Crippen LogP) is 6.65. The average molecular weight is 493 g/mol. The van der Waals surface area contributed by atoms with Crippen LogP contribution in [0.25, 0.3) is 0 Å². The molecule has 0 saturated heterocycles. The molecule has 0 spiro atoms. The number of nitrogens with one attached hydrogen (secondary N) is 2. The molecule has 2 amide bonds. The fourth-order valence-electron chi connectivity index (χ4n) is 3.70. The van der Waals surface area contributed by atoms with Crippen LogP contribution in [0.4, 0.5) is 10.7 Å². The van der Waals surface area contributed by atoms with Crippen molar-refractivity contribution in [3.05, 3.63) is 80.7 Å². The van der Waals surface area contributed by atoms with Crippen LogP contribution in [0, 0.1) is 20.8 Å². The lowest BCUT2D eigenvalue weighted by Crippen LogP contribution is -2.16. The molecule has 0 aliphatic carbocycles. The van der Waals surface area contributed by atoms with E-state index >= 15 is 0 Å². The van der Waals surface area contributed by atoms with Gasteiger partial charge < -0.3 is 15.4 Å². The van der Waals surface area contributed by atoms with Crippen LogP contribution in [0.1, 0.15) is 80.3 Å². The van der Waals surface area contributed by atoms with Gasteiger partial charge in [0.05, 0.1) is 17.0 Å². The maximum Gasteiger partial charge on any atom is 0.341 e. The summed E-state index contributed by atoms with van der Waals surface area (Å²) in [6.07, 6.45) is 0. The highest BCUT2D eigenvalue weighted by Crippen LogP contribution is 2.35. The van der Waals surface area contributed by atoms with Gasteiger partial charge >= 0.3 is 5.97 Å². The van der Waals surface area contributed by atoms with Gasteiger partial charge in [0.25, 0.3) is 11.8 Å². The maximum absolute atomic E-state index is 13.1. The van der Waals surface area contributed by atoms with Crippen LogP contribution in [-0.2, 0) is 10.2 Å². The van der Waals surface area contributed by atoms with Crippen LogP contribution in [0.2, 0.25) is 0 Å². The van der Waals surface area contributed by atoms with Gasteiger partial charge in [-0.05, 0) is 68.0 Å². The number of thiophene rings is 1. The Morgan fingerprint density at radius 2 is 1.57 bits per heavy atom. The molecule has 0 bridgehead atoms. The summed E-state index contributed by atoms with van der Waals surface area (Å²) in [4.78, 5) is 39.2. The van der Waals surface area contributed by atoms with Gasteiger partial charge in [-0.15, -0.1) is 11.3 Å². The first kappa shape index (κ1) is 26.2. The molecule has 2 aromatic carbocycles. The Hall–Kier alpha value is -3.45. The second-order valence-corrected chi connectivity index (χ2v) is 10.6. The molecule has 35 heavy (non-hydrogen) atoms. The van der Waals surface area contributed by atoms with Crippen molar-refractivity contribution < 1.29 is 19.1 Å². The van der Waals surface area contributed by atoms with Crippen LogP contribution in [0.5, 0.6) is 0 Å². The van der Waals surface area contributed by atoms with Crippen molar-refractivity contribution in [2.45, 2.75) is 53.9 Å². The normalized spacial score (nSPS) is 11.2. The minimum Gasteiger partial charge on any atom is -0.462 e. The standard InChI is InChI=1S/C28H32N2O4S/c1-8-34-27(33)22-18(4)23(25(32)29-21-14-9-16(2)15-17(21)3)35-26(22)30-24(31)19-10-12-20(13-11-19)28(5,6)7/h9-15H,8H2,1-7H3,(H,29,32)(H,30,31). The lowest BCUT2D eigenvalue weighted by molar-refractivity contribution is 0.0527. The monoisotopic (exact) mass is 492 g/mol. The number of hydrogen-bond acceptors (Lipinski definition) is 5. The SMILES string of the molecule is CCOC(=O)c1c(NC(=O)c2ccc(C(C)(C)C)cc2)sc(C(=O)Nc2ccc(C)cc2C)c1C. The van der Waals surface area contributed by atoms with E-state index in [1.807, 2.05) is 44.2 Å². The van der Waals surface area contributed by atoms with E-state index in [-0.39, 0.29) is 34.4 Å². The van der Waals surface area contributed by atoms with Gasteiger partial charge in [-0.1, -0.05) is 50.6 Å². The molecule has 0 aliphatic heterocycles. The topological polar surface area (TPSA) is 84.5 Å². The lowest BCUT2D eigenvalue weighted by atomic mass is 9.87. The number of hydrogen-bond donors (Lipinski definition) is 2. The number of carbonyl (C=O) groups excluding carboxylic acids is 3. The van der Waals surface area contributed by atoms with Crippen molar-refractivity contribution in [1.29, 1.82) is 0 Å². The average Bonchev–Trinajstić information content (AvgIpc) is 3.11. The number of ether oxygens (including phenoxy) is 1. The Morgan fingerprint density at radius 3 is 2.14 bits per heavy atom. The molecular weight excluding hydrogens is 460 g/mol. The molecule has 3 rings (SSSR count). The van der Waals surface area contributed by atoms with E-state index in [1.54, 1.807) is 26.0 Å². The molecule has 0 atom stereocenters. The summed E-state index contributed by atoms with van der Waals surface area (Å²) in [6, 6.07) is 13.1. The number of amides is 2. The van der Waals surface area contributed by atoms with E-state index in [9.17, 15) is 14.4 Å². The van der Waals surface area contributed by atoms with Crippen molar-refractivity contribution in [3.8, 4) is 0 Å². The molecule has 3 aromatic rings. The number of benzene rings is 2. The summed E-state index contributed by atoms with van der Waals surface area (Å²) in [6.45, 7) is 13.8. The minimum atomic E-state index is -0.579. The molecule has 184 valence electrons. The van der Waals surface area contributed by atoms with Gasteiger partial charge in [0.1, 0.15) is 5.00 Å². The molecule has 0 aliphatic rings. The zero-order chi connectivity index (χ0) is 25.9. The molecule has 0 radical (unpaired) electrons. The number of carbonyl (C=O) groups is 3. The summed E-state index contributed by atoms with van der Waals surface area (Å²) in [5.41, 5.74) is 4.92. The molecule has 6 nitrogen and oxygen atoms in total. The van der Waals surface area contributed by atoms with Gasteiger partial charge in [-0.2, -0.15) is 0 Å². The third-order valence-corrected chi connectivity index (χ3v) is 6.91. The molecule has 1 heterocycles. The highest BCUT2D eigenvalue weighted by Gasteiger charge is 2.27. The van der Waals surface area contributed by atoms with Gasteiger partial charge in [-0.25, -0.2) is 4.79 Å². The fourth-order valence-corrected chi connectivity index (χ4v) is 4.78. The van der Waals surface area contributed by atoms with E-state index in [0.717, 1.165) is 28.0 Å². The zero-order valence-electron chi connectivity index (χ0n) is 21.3. The van der Waals surface area contributed by atoms with Crippen molar-refractivity contribution in [1.82, 2.24) is 0 Å².